The van der Waals surface area contributed by atoms with Crippen molar-refractivity contribution in [2.24, 2.45) is 0 Å². The molecule has 0 saturated carbocycles. The van der Waals surface area contributed by atoms with Crippen molar-refractivity contribution in [1.29, 1.82) is 0 Å². The van der Waals surface area contributed by atoms with Gasteiger partial charge in [-0.15, -0.1) is 0 Å². The molecule has 2 amide bonds. The number of rotatable bonds is 11. The molecule has 4 aromatic carbocycles. The first-order valence-corrected chi connectivity index (χ1v) is 13.8. The van der Waals surface area contributed by atoms with Crippen LogP contribution >= 0.6 is 23.2 Å². The molecule has 0 heterocycles. The van der Waals surface area contributed by atoms with Gasteiger partial charge < -0.3 is 20.8 Å². The van der Waals surface area contributed by atoms with E-state index in [1.807, 2.05) is 12.1 Å². The molecule has 0 aliphatic heterocycles. The Bertz CT molecular complexity index is 1410. The van der Waals surface area contributed by atoms with E-state index in [4.69, 9.17) is 23.2 Å². The molecule has 4 atom stereocenters. The normalized spacial score (nSPS) is 14.0. The first-order chi connectivity index (χ1) is 20.1. The summed E-state index contributed by atoms with van der Waals surface area (Å²) in [5, 5.41) is 28.2. The van der Waals surface area contributed by atoms with Crippen LogP contribution in [-0.2, 0) is 12.8 Å². The van der Waals surface area contributed by atoms with Crippen LogP contribution in [0.15, 0.2) is 97.1 Å². The number of carbonyl (C=O) groups is 2. The van der Waals surface area contributed by atoms with E-state index in [0.717, 1.165) is 35.4 Å². The molecular formula is C32H28Cl2F2N2O4. The highest BCUT2D eigenvalue weighted by atomic mass is 35.5. The van der Waals surface area contributed by atoms with Gasteiger partial charge in [0.1, 0.15) is 23.8 Å². The molecular weight excluding hydrogens is 585 g/mol. The molecule has 0 bridgehead atoms. The maximum atomic E-state index is 13.6. The Morgan fingerprint density at radius 3 is 1.31 bits per heavy atom. The summed E-state index contributed by atoms with van der Waals surface area (Å²) in [6.07, 6.45) is -2.96. The predicted molar refractivity (Wildman–Crippen MR) is 158 cm³/mol. The van der Waals surface area contributed by atoms with E-state index >= 15 is 0 Å². The van der Waals surface area contributed by atoms with Gasteiger partial charge >= 0.3 is 0 Å². The van der Waals surface area contributed by atoms with Crippen LogP contribution in [0, 0.1) is 11.6 Å². The van der Waals surface area contributed by atoms with Crippen molar-refractivity contribution in [2.45, 2.75) is 37.1 Å². The Morgan fingerprint density at radius 1 is 0.619 bits per heavy atom. The van der Waals surface area contributed by atoms with E-state index in [2.05, 4.69) is 10.6 Å². The number of carbonyl (C=O) groups excluding carboxylic acids is 2. The third kappa shape index (κ3) is 8.14. The monoisotopic (exact) mass is 612 g/mol. The van der Waals surface area contributed by atoms with Gasteiger partial charge in [0.2, 0.25) is 0 Å². The molecule has 10 heteroatoms. The van der Waals surface area contributed by atoms with Crippen LogP contribution in [0.2, 0.25) is 10.0 Å². The van der Waals surface area contributed by atoms with E-state index in [9.17, 15) is 28.6 Å². The molecule has 218 valence electrons. The Labute approximate surface area is 251 Å². The number of benzene rings is 4. The summed E-state index contributed by atoms with van der Waals surface area (Å²) in [4.78, 5) is 26.3. The molecule has 0 spiro atoms. The zero-order chi connectivity index (χ0) is 30.2. The van der Waals surface area contributed by atoms with Crippen molar-refractivity contribution >= 4 is 35.0 Å². The van der Waals surface area contributed by atoms with Crippen LogP contribution in [-0.4, -0.2) is 46.3 Å². The largest absolute Gasteiger partial charge is 0.388 e. The number of halogens is 4. The minimum absolute atomic E-state index is 0.0158. The highest BCUT2D eigenvalue weighted by molar-refractivity contribution is 6.34. The van der Waals surface area contributed by atoms with Crippen molar-refractivity contribution in [3.63, 3.8) is 0 Å². The minimum atomic E-state index is -1.59. The van der Waals surface area contributed by atoms with Crippen molar-refractivity contribution in [3.05, 3.63) is 141 Å². The van der Waals surface area contributed by atoms with Gasteiger partial charge in [0.25, 0.3) is 11.8 Å². The van der Waals surface area contributed by atoms with Gasteiger partial charge in [-0.2, -0.15) is 0 Å². The summed E-state index contributed by atoms with van der Waals surface area (Å²) >= 11 is 12.2. The standard InChI is InChI=1S/C32H28Cl2F2N2O4/c33-25-17-21(35)11-13-23(25)31(41)37-27(15-19-7-3-1-4-8-19)29(39)30(40)28(16-20-9-5-2-6-10-20)38-32(42)24-14-12-22(36)18-26(24)34/h1-14,17-18,27-30,39-40H,15-16H2,(H,37,41)(H,38,42)/t27-,28-,29+,30+/m0/s1. The second kappa shape index (κ2) is 14.4. The minimum Gasteiger partial charge on any atom is -0.388 e. The molecule has 0 radical (unpaired) electrons. The van der Waals surface area contributed by atoms with Crippen molar-refractivity contribution in [1.82, 2.24) is 10.6 Å². The zero-order valence-electron chi connectivity index (χ0n) is 22.2. The maximum Gasteiger partial charge on any atom is 0.253 e. The van der Waals surface area contributed by atoms with Gasteiger partial charge in [-0.3, -0.25) is 9.59 Å². The summed E-state index contributed by atoms with van der Waals surface area (Å²) in [7, 11) is 0. The number of hydrogen-bond acceptors (Lipinski definition) is 4. The number of aliphatic hydroxyl groups excluding tert-OH is 2. The van der Waals surface area contributed by atoms with Crippen molar-refractivity contribution in [3.8, 4) is 0 Å². The lowest BCUT2D eigenvalue weighted by molar-refractivity contribution is -0.0219. The van der Waals surface area contributed by atoms with Crippen LogP contribution in [0.1, 0.15) is 31.8 Å². The smallest absolute Gasteiger partial charge is 0.253 e. The topological polar surface area (TPSA) is 98.7 Å². The van der Waals surface area contributed by atoms with E-state index < -0.39 is 47.7 Å². The summed E-state index contributed by atoms with van der Waals surface area (Å²) in [5.41, 5.74) is 1.47. The molecule has 0 saturated heterocycles. The second-order valence-electron chi connectivity index (χ2n) is 9.77. The molecule has 4 rings (SSSR count). The molecule has 0 aromatic heterocycles. The van der Waals surface area contributed by atoms with Gasteiger partial charge in [0.05, 0.1) is 33.3 Å². The first-order valence-electron chi connectivity index (χ1n) is 13.1. The highest BCUT2D eigenvalue weighted by Gasteiger charge is 2.35. The molecule has 4 N–H and O–H groups in total. The summed E-state index contributed by atoms with van der Waals surface area (Å²) < 4.78 is 27.2. The third-order valence-corrected chi connectivity index (χ3v) is 7.38. The zero-order valence-corrected chi connectivity index (χ0v) is 23.7. The van der Waals surface area contributed by atoms with Gasteiger partial charge in [-0.25, -0.2) is 8.78 Å². The molecule has 4 aromatic rings. The van der Waals surface area contributed by atoms with E-state index in [1.54, 1.807) is 48.5 Å². The summed E-state index contributed by atoms with van der Waals surface area (Å²) in [5.74, 6) is -2.61. The van der Waals surface area contributed by atoms with Crippen molar-refractivity contribution in [2.75, 3.05) is 0 Å². The molecule has 0 aliphatic rings. The third-order valence-electron chi connectivity index (χ3n) is 6.76. The Morgan fingerprint density at radius 2 is 0.976 bits per heavy atom. The van der Waals surface area contributed by atoms with E-state index in [1.165, 1.54) is 12.1 Å². The Hall–Kier alpha value is -3.82. The maximum absolute atomic E-state index is 13.6. The van der Waals surface area contributed by atoms with Crippen molar-refractivity contribution < 1.29 is 28.6 Å². The van der Waals surface area contributed by atoms with Crippen LogP contribution in [0.3, 0.4) is 0 Å². The van der Waals surface area contributed by atoms with Crippen LogP contribution < -0.4 is 10.6 Å². The fourth-order valence-corrected chi connectivity index (χ4v) is 5.07. The van der Waals surface area contributed by atoms with Gasteiger partial charge in [-0.05, 0) is 60.4 Å². The fraction of sp³-hybridized carbons (Fsp3) is 0.188. The average molecular weight is 613 g/mol. The number of aliphatic hydroxyl groups is 2. The lowest BCUT2D eigenvalue weighted by atomic mass is 9.90. The van der Waals surface area contributed by atoms with Gasteiger partial charge in [-0.1, -0.05) is 83.9 Å². The van der Waals surface area contributed by atoms with E-state index in [0.29, 0.717) is 0 Å². The molecule has 0 aliphatic carbocycles. The predicted octanol–water partition coefficient (Wildman–Crippen LogP) is 5.38. The van der Waals surface area contributed by atoms with Gasteiger partial charge in [0, 0.05) is 0 Å². The molecule has 42 heavy (non-hydrogen) atoms. The lowest BCUT2D eigenvalue weighted by Crippen LogP contribution is -2.57. The number of hydrogen-bond donors (Lipinski definition) is 4. The SMILES string of the molecule is O=C(N[C@@H](Cc1ccccc1)[C@@H](O)[C@H](O)[C@H](Cc1ccccc1)NC(=O)c1ccc(F)cc1Cl)c1ccc(F)cc1Cl. The first kappa shape index (κ1) is 31.1. The molecule has 0 fully saturated rings. The molecule has 0 unspecified atom stereocenters. The molecule has 6 nitrogen and oxygen atoms in total. The second-order valence-corrected chi connectivity index (χ2v) is 10.6. The van der Waals surface area contributed by atoms with Crippen LogP contribution in [0.4, 0.5) is 8.78 Å². The van der Waals surface area contributed by atoms with E-state index in [-0.39, 0.29) is 34.0 Å². The highest BCUT2D eigenvalue weighted by Crippen LogP contribution is 2.21. The number of nitrogens with one attached hydrogen (secondary N) is 2. The average Bonchev–Trinajstić information content (AvgIpc) is 2.96. The Balaban J connectivity index is 1.63. The summed E-state index contributed by atoms with van der Waals surface area (Å²) in [6, 6.07) is 22.5. The Kier molecular flexibility index (Phi) is 10.7. The number of amides is 2. The fourth-order valence-electron chi connectivity index (χ4n) is 4.57. The summed E-state index contributed by atoms with van der Waals surface area (Å²) in [6.45, 7) is 0. The van der Waals surface area contributed by atoms with Crippen LogP contribution in [0.25, 0.3) is 0 Å². The quantitative estimate of drug-likeness (QED) is 0.183. The van der Waals surface area contributed by atoms with Crippen LogP contribution in [0.5, 0.6) is 0 Å². The van der Waals surface area contributed by atoms with Gasteiger partial charge in [0.15, 0.2) is 0 Å². The lowest BCUT2D eigenvalue weighted by Gasteiger charge is -2.33.